The van der Waals surface area contributed by atoms with E-state index in [1.807, 2.05) is 0 Å². The summed E-state index contributed by atoms with van der Waals surface area (Å²) in [5, 5.41) is 19.6. The number of hydrogen-bond acceptors (Lipinski definition) is 6. The number of hydrogen-bond donors (Lipinski definition) is 4. The molecule has 0 saturated heterocycles. The summed E-state index contributed by atoms with van der Waals surface area (Å²) in [6.45, 7) is 0.0205. The number of ether oxygens (including phenoxy) is 2. The van der Waals surface area contributed by atoms with Crippen LogP contribution in [0, 0.1) is 11.6 Å². The predicted octanol–water partition coefficient (Wildman–Crippen LogP) is 4.41. The molecule has 0 aliphatic carbocycles. The van der Waals surface area contributed by atoms with E-state index in [1.54, 1.807) is 36.4 Å². The molecule has 0 unspecified atom stereocenters. The van der Waals surface area contributed by atoms with Crippen LogP contribution in [-0.2, 0) is 9.53 Å². The molecule has 0 saturated carbocycles. The monoisotopic (exact) mass is 476 g/mol. The minimum Gasteiger partial charge on any atom is -0.491 e. The summed E-state index contributed by atoms with van der Waals surface area (Å²) >= 11 is 0. The van der Waals surface area contributed by atoms with Crippen molar-refractivity contribution in [3.8, 4) is 5.75 Å². The molecule has 0 bridgehead atoms. The first-order valence-electron chi connectivity index (χ1n) is 10.5. The number of carbonyl (C=O) groups is 2. The van der Waals surface area contributed by atoms with Crippen LogP contribution in [0.5, 0.6) is 5.75 Å². The highest BCUT2D eigenvalue weighted by atomic mass is 19.1. The van der Waals surface area contributed by atoms with Crippen LogP contribution in [0.4, 0.5) is 19.3 Å². The second-order valence-electron chi connectivity index (χ2n) is 6.98. The largest absolute Gasteiger partial charge is 0.491 e. The van der Waals surface area contributed by atoms with E-state index < -0.39 is 29.7 Å². The Morgan fingerprint density at radius 3 is 2.53 bits per heavy atom. The van der Waals surface area contributed by atoms with Gasteiger partial charge in [-0.1, -0.05) is 30.4 Å². The zero-order valence-electron chi connectivity index (χ0n) is 18.2. The van der Waals surface area contributed by atoms with Crippen molar-refractivity contribution in [2.75, 3.05) is 18.5 Å². The van der Waals surface area contributed by atoms with Crippen LogP contribution in [0.2, 0.25) is 0 Å². The van der Waals surface area contributed by atoms with Gasteiger partial charge in [0.05, 0.1) is 12.3 Å². The van der Waals surface area contributed by atoms with E-state index in [1.165, 1.54) is 11.6 Å². The Labute approximate surface area is 195 Å². The highest BCUT2D eigenvalue weighted by Crippen LogP contribution is 2.27. The summed E-state index contributed by atoms with van der Waals surface area (Å²) in [4.78, 5) is 23.3. The normalized spacial score (nSPS) is 12.0. The first kappa shape index (κ1) is 26.5. The summed E-state index contributed by atoms with van der Waals surface area (Å²) in [7, 11) is 0. The van der Waals surface area contributed by atoms with Crippen LogP contribution in [0.15, 0.2) is 66.8 Å². The Kier molecular flexibility index (Phi) is 11.2. The molecule has 4 N–H and O–H groups in total. The quantitative estimate of drug-likeness (QED) is 0.119. The van der Waals surface area contributed by atoms with Gasteiger partial charge in [-0.25, -0.2) is 19.1 Å². The lowest BCUT2D eigenvalue weighted by atomic mass is 10.0. The maximum absolute atomic E-state index is 13.8. The van der Waals surface area contributed by atoms with E-state index in [0.29, 0.717) is 36.6 Å². The number of anilines is 1. The van der Waals surface area contributed by atoms with Gasteiger partial charge in [0, 0.05) is 12.1 Å². The summed E-state index contributed by atoms with van der Waals surface area (Å²) in [5.41, 5.74) is 1.95. The van der Waals surface area contributed by atoms with E-state index >= 15 is 0 Å². The van der Waals surface area contributed by atoms with Crippen LogP contribution in [0.1, 0.15) is 30.9 Å². The van der Waals surface area contributed by atoms with Gasteiger partial charge in [0.15, 0.2) is 0 Å². The number of nitrogens with one attached hydrogen (secondary N) is 2. The molecule has 2 amide bonds. The minimum atomic E-state index is -0.924. The highest BCUT2D eigenvalue weighted by Gasteiger charge is 2.18. The zero-order chi connectivity index (χ0) is 24.8. The van der Waals surface area contributed by atoms with Crippen molar-refractivity contribution in [1.82, 2.24) is 5.48 Å². The number of allylic oxidation sites excluding steroid dienone is 3. The second kappa shape index (κ2) is 14.4. The molecule has 0 fully saturated rings. The Bertz CT molecular complexity index is 995. The van der Waals surface area contributed by atoms with Gasteiger partial charge in [0.2, 0.25) is 0 Å². The first-order valence-corrected chi connectivity index (χ1v) is 10.5. The molecule has 2 aromatic rings. The SMILES string of the molecule is O=C(/C=C/C=C/CCC[C@@H](OC(=O)Nc1ccc(F)cc1F)c1ccc(OCCO)cc1)NO. The van der Waals surface area contributed by atoms with E-state index in [-0.39, 0.29) is 18.9 Å². The Hall–Kier alpha value is -3.76. The molecule has 2 aromatic carbocycles. The van der Waals surface area contributed by atoms with Gasteiger partial charge >= 0.3 is 6.09 Å². The summed E-state index contributed by atoms with van der Waals surface area (Å²) in [5.74, 6) is -1.80. The molecule has 0 aliphatic rings. The van der Waals surface area contributed by atoms with Gasteiger partial charge in [-0.05, 0) is 49.1 Å². The third-order valence-corrected chi connectivity index (χ3v) is 4.47. The van der Waals surface area contributed by atoms with Crippen LogP contribution in [0.3, 0.4) is 0 Å². The molecule has 0 spiro atoms. The van der Waals surface area contributed by atoms with E-state index in [9.17, 15) is 18.4 Å². The number of rotatable bonds is 12. The third kappa shape index (κ3) is 9.39. The van der Waals surface area contributed by atoms with E-state index in [2.05, 4.69) is 5.32 Å². The van der Waals surface area contributed by atoms with Crippen molar-refractivity contribution in [3.63, 3.8) is 0 Å². The molecule has 34 heavy (non-hydrogen) atoms. The van der Waals surface area contributed by atoms with E-state index in [0.717, 1.165) is 18.2 Å². The molecule has 2 rings (SSSR count). The van der Waals surface area contributed by atoms with Crippen molar-refractivity contribution >= 4 is 17.7 Å². The van der Waals surface area contributed by atoms with Gasteiger partial charge in [-0.3, -0.25) is 15.3 Å². The van der Waals surface area contributed by atoms with Crippen molar-refractivity contribution in [1.29, 1.82) is 0 Å². The number of aliphatic hydroxyl groups excluding tert-OH is 1. The smallest absolute Gasteiger partial charge is 0.412 e. The summed E-state index contributed by atoms with van der Waals surface area (Å²) in [6.07, 6.45) is 6.15. The number of amides is 2. The molecule has 182 valence electrons. The van der Waals surface area contributed by atoms with Crippen LogP contribution >= 0.6 is 0 Å². The summed E-state index contributed by atoms with van der Waals surface area (Å²) < 4.78 is 37.8. The maximum atomic E-state index is 13.8. The van der Waals surface area contributed by atoms with Gasteiger partial charge < -0.3 is 14.6 Å². The molecular formula is C24H26F2N2O6. The van der Waals surface area contributed by atoms with Gasteiger partial charge in [-0.2, -0.15) is 0 Å². The number of carbonyl (C=O) groups excluding carboxylic acids is 2. The average Bonchev–Trinajstić information content (AvgIpc) is 2.83. The number of hydroxylamine groups is 1. The lowest BCUT2D eigenvalue weighted by molar-refractivity contribution is -0.124. The van der Waals surface area contributed by atoms with Crippen molar-refractivity contribution < 1.29 is 38.2 Å². The molecule has 10 heteroatoms. The lowest BCUT2D eigenvalue weighted by Crippen LogP contribution is -2.18. The van der Waals surface area contributed by atoms with Gasteiger partial charge in [-0.15, -0.1) is 0 Å². The third-order valence-electron chi connectivity index (χ3n) is 4.47. The van der Waals surface area contributed by atoms with Crippen LogP contribution < -0.4 is 15.5 Å². The number of aliphatic hydroxyl groups is 1. The molecule has 1 atom stereocenters. The highest BCUT2D eigenvalue weighted by molar-refractivity contribution is 5.86. The molecule has 8 nitrogen and oxygen atoms in total. The topological polar surface area (TPSA) is 117 Å². The number of benzene rings is 2. The fourth-order valence-corrected chi connectivity index (χ4v) is 2.87. The Morgan fingerprint density at radius 2 is 1.85 bits per heavy atom. The molecule has 0 heterocycles. The Morgan fingerprint density at radius 1 is 1.09 bits per heavy atom. The standard InChI is InChI=1S/C24H26F2N2O6/c25-18-10-13-21(20(26)16-18)27-24(31)34-22(6-4-2-1-3-5-7-23(30)28-32)17-8-11-19(12-9-17)33-15-14-29/h1,3,5,7-13,16,22,29,32H,2,4,6,14-15H2,(H,27,31)(H,28,30)/b3-1+,7-5+/t22-/m1/s1. The zero-order valence-corrected chi connectivity index (χ0v) is 18.2. The van der Waals surface area contributed by atoms with Crippen LogP contribution in [-0.4, -0.2) is 35.5 Å². The molecule has 0 radical (unpaired) electrons. The van der Waals surface area contributed by atoms with Gasteiger partial charge in [0.1, 0.15) is 30.1 Å². The van der Waals surface area contributed by atoms with E-state index in [4.69, 9.17) is 19.8 Å². The maximum Gasteiger partial charge on any atom is 0.412 e. The van der Waals surface area contributed by atoms with Gasteiger partial charge in [0.25, 0.3) is 5.91 Å². The number of halogens is 2. The molecular weight excluding hydrogens is 450 g/mol. The number of unbranched alkanes of at least 4 members (excludes halogenated alkanes) is 1. The summed E-state index contributed by atoms with van der Waals surface area (Å²) in [6, 6.07) is 9.56. The fraction of sp³-hybridized carbons (Fsp3) is 0.250. The van der Waals surface area contributed by atoms with Crippen molar-refractivity contribution in [3.05, 3.63) is 84.0 Å². The molecule has 0 aromatic heterocycles. The predicted molar refractivity (Wildman–Crippen MR) is 120 cm³/mol. The second-order valence-corrected chi connectivity index (χ2v) is 6.98. The average molecular weight is 476 g/mol. The molecule has 0 aliphatic heterocycles. The minimum absolute atomic E-state index is 0.124. The van der Waals surface area contributed by atoms with Crippen molar-refractivity contribution in [2.45, 2.75) is 25.4 Å². The van der Waals surface area contributed by atoms with Crippen LogP contribution in [0.25, 0.3) is 0 Å². The Balaban J connectivity index is 2.02. The first-order chi connectivity index (χ1) is 16.4. The van der Waals surface area contributed by atoms with Crippen molar-refractivity contribution in [2.24, 2.45) is 0 Å². The lowest BCUT2D eigenvalue weighted by Gasteiger charge is -2.19. The fourth-order valence-electron chi connectivity index (χ4n) is 2.87.